The van der Waals surface area contributed by atoms with Crippen molar-refractivity contribution in [1.29, 1.82) is 0 Å². The Morgan fingerprint density at radius 2 is 1.65 bits per heavy atom. The number of carbonyl (C=O) groups excluding carboxylic acids is 2. The Morgan fingerprint density at radius 3 is 2.32 bits per heavy atom. The molecule has 6 heteroatoms. The molecule has 1 saturated heterocycles. The molecule has 3 aliphatic rings. The van der Waals surface area contributed by atoms with Crippen molar-refractivity contribution >= 4 is 11.7 Å². The number of hydrogen-bond acceptors (Lipinski definition) is 4. The summed E-state index contributed by atoms with van der Waals surface area (Å²) in [5, 5.41) is 9.49. The first kappa shape index (κ1) is 24.1. The van der Waals surface area contributed by atoms with Gasteiger partial charge in [0.2, 0.25) is 5.91 Å². The second-order valence-electron chi connectivity index (χ2n) is 11.5. The largest absolute Gasteiger partial charge is 0.341 e. The molecule has 6 nitrogen and oxygen atoms in total. The first-order valence-corrected chi connectivity index (χ1v) is 13.7. The van der Waals surface area contributed by atoms with Crippen molar-refractivity contribution in [1.82, 2.24) is 19.7 Å². The fraction of sp³-hybridized carbons (Fsp3) is 0.484. The molecule has 6 rings (SSSR count). The van der Waals surface area contributed by atoms with Crippen LogP contribution < -0.4 is 0 Å². The van der Waals surface area contributed by atoms with E-state index in [1.54, 1.807) is 6.92 Å². The summed E-state index contributed by atoms with van der Waals surface area (Å²) in [7, 11) is 0. The summed E-state index contributed by atoms with van der Waals surface area (Å²) >= 11 is 0. The van der Waals surface area contributed by atoms with Crippen LogP contribution in [0.2, 0.25) is 0 Å². The highest BCUT2D eigenvalue weighted by Crippen LogP contribution is 2.50. The van der Waals surface area contributed by atoms with Crippen LogP contribution in [0.3, 0.4) is 0 Å². The number of ketones is 1. The van der Waals surface area contributed by atoms with Crippen LogP contribution in [0.1, 0.15) is 90.3 Å². The molecule has 0 radical (unpaired) electrons. The maximum Gasteiger partial charge on any atom is 0.219 e. The maximum absolute atomic E-state index is 13.7. The van der Waals surface area contributed by atoms with Crippen LogP contribution in [0.5, 0.6) is 0 Å². The molecule has 2 aliphatic carbocycles. The first-order chi connectivity index (χ1) is 17.9. The summed E-state index contributed by atoms with van der Waals surface area (Å²) in [6.45, 7) is 6.75. The highest BCUT2D eigenvalue weighted by molar-refractivity contribution is 5.86. The Hall–Kier alpha value is -3.28. The van der Waals surface area contributed by atoms with E-state index < -0.39 is 0 Å². The van der Waals surface area contributed by atoms with Gasteiger partial charge in [0.25, 0.3) is 0 Å². The summed E-state index contributed by atoms with van der Waals surface area (Å²) in [5.41, 5.74) is 4.82. The molecule has 2 aromatic carbocycles. The molecule has 2 saturated carbocycles. The van der Waals surface area contributed by atoms with Crippen LogP contribution in [0.25, 0.3) is 0 Å². The van der Waals surface area contributed by atoms with Gasteiger partial charge in [-0.15, -0.1) is 10.2 Å². The number of Topliss-reactive ketones (excluding diaryl/α,β-unsaturated/α-hetero) is 1. The van der Waals surface area contributed by atoms with Crippen LogP contribution in [-0.2, 0) is 16.0 Å². The van der Waals surface area contributed by atoms with Crippen molar-refractivity contribution in [2.45, 2.75) is 76.7 Å². The fourth-order valence-corrected chi connectivity index (χ4v) is 6.39. The Labute approximate surface area is 219 Å². The molecule has 0 N–H and O–H groups in total. The van der Waals surface area contributed by atoms with Crippen molar-refractivity contribution in [2.24, 2.45) is 5.92 Å². The summed E-state index contributed by atoms with van der Waals surface area (Å²) in [6.07, 6.45) is 4.85. The molecule has 192 valence electrons. The number of benzene rings is 2. The number of nitrogens with zero attached hydrogens (tertiary/aromatic N) is 4. The van der Waals surface area contributed by atoms with E-state index in [9.17, 15) is 9.59 Å². The summed E-state index contributed by atoms with van der Waals surface area (Å²) < 4.78 is 2.37. The van der Waals surface area contributed by atoms with E-state index in [1.807, 2.05) is 4.90 Å². The number of rotatable bonds is 7. The minimum Gasteiger partial charge on any atom is -0.341 e. The van der Waals surface area contributed by atoms with Crippen LogP contribution in [0.15, 0.2) is 48.5 Å². The van der Waals surface area contributed by atoms with E-state index >= 15 is 0 Å². The molecule has 1 amide bonds. The van der Waals surface area contributed by atoms with Gasteiger partial charge in [-0.3, -0.25) is 9.59 Å². The average molecular weight is 497 g/mol. The van der Waals surface area contributed by atoms with E-state index in [2.05, 4.69) is 66.9 Å². The third-order valence-corrected chi connectivity index (χ3v) is 8.81. The highest BCUT2D eigenvalue weighted by Gasteiger charge is 2.45. The quantitative estimate of drug-likeness (QED) is 0.447. The smallest absolute Gasteiger partial charge is 0.219 e. The third kappa shape index (κ3) is 4.62. The van der Waals surface area contributed by atoms with Gasteiger partial charge in [-0.25, -0.2) is 0 Å². The van der Waals surface area contributed by atoms with Gasteiger partial charge in [0.05, 0.1) is 0 Å². The molecule has 2 heterocycles. The number of amides is 1. The van der Waals surface area contributed by atoms with E-state index in [1.165, 1.54) is 11.1 Å². The molecule has 37 heavy (non-hydrogen) atoms. The van der Waals surface area contributed by atoms with Crippen LogP contribution in [0.4, 0.5) is 0 Å². The van der Waals surface area contributed by atoms with Crippen molar-refractivity contribution in [3.05, 3.63) is 82.4 Å². The zero-order valence-corrected chi connectivity index (χ0v) is 22.1. The predicted octanol–water partition coefficient (Wildman–Crippen LogP) is 5.26. The summed E-state index contributed by atoms with van der Waals surface area (Å²) in [5.74, 6) is 2.85. The Kier molecular flexibility index (Phi) is 6.21. The minimum atomic E-state index is -0.252. The number of likely N-dealkylation sites (tertiary alicyclic amines) is 1. The second kappa shape index (κ2) is 9.55. The second-order valence-corrected chi connectivity index (χ2v) is 11.5. The Balaban J connectivity index is 1.26. The molecule has 0 spiro atoms. The zero-order valence-electron chi connectivity index (χ0n) is 22.1. The zero-order chi connectivity index (χ0) is 25.7. The van der Waals surface area contributed by atoms with Gasteiger partial charge in [0.15, 0.2) is 0 Å². The maximum atomic E-state index is 13.7. The molecule has 1 aliphatic heterocycles. The van der Waals surface area contributed by atoms with Gasteiger partial charge < -0.3 is 9.47 Å². The number of carbonyl (C=O) groups is 2. The molecule has 3 aromatic rings. The lowest BCUT2D eigenvalue weighted by Gasteiger charge is -2.35. The van der Waals surface area contributed by atoms with Gasteiger partial charge in [0.1, 0.15) is 17.4 Å². The van der Waals surface area contributed by atoms with E-state index in [-0.39, 0.29) is 23.5 Å². The average Bonchev–Trinajstić information content (AvgIpc) is 3.43. The topological polar surface area (TPSA) is 68.1 Å². The first-order valence-electron chi connectivity index (χ1n) is 13.7. The predicted molar refractivity (Wildman–Crippen MR) is 143 cm³/mol. The van der Waals surface area contributed by atoms with Crippen molar-refractivity contribution in [2.75, 3.05) is 13.1 Å². The lowest BCUT2D eigenvalue weighted by atomic mass is 9.71. The molecular weight excluding hydrogens is 460 g/mol. The normalized spacial score (nSPS) is 25.2. The van der Waals surface area contributed by atoms with Gasteiger partial charge in [-0.2, -0.15) is 0 Å². The SMILES string of the molecule is CC(=O)N1C[C@H](C(=O)Cc2ccc(C)cc2C)[C@@H](c2nnc(C3CC(c4ccccc4)C3)n2C2CC2)C1. The van der Waals surface area contributed by atoms with E-state index in [4.69, 9.17) is 10.2 Å². The van der Waals surface area contributed by atoms with Crippen molar-refractivity contribution < 1.29 is 9.59 Å². The molecule has 0 bridgehead atoms. The molecule has 3 fully saturated rings. The standard InChI is InChI=1S/C31H36N4O2/c1-19-9-10-23(20(2)13-19)16-29(37)27-17-34(21(3)36)18-28(27)31-33-32-30(35(31)26-11-12-26)25-14-24(15-25)22-7-5-4-6-8-22/h4-10,13,24-28H,11-12,14-18H2,1-3H3/t24?,25?,27-,28-/m0/s1. The fourth-order valence-electron chi connectivity index (χ4n) is 6.39. The van der Waals surface area contributed by atoms with Gasteiger partial charge >= 0.3 is 0 Å². The molecular formula is C31H36N4O2. The summed E-state index contributed by atoms with van der Waals surface area (Å²) in [4.78, 5) is 27.9. The van der Waals surface area contributed by atoms with Crippen molar-refractivity contribution in [3.63, 3.8) is 0 Å². The number of aromatic nitrogens is 3. The van der Waals surface area contributed by atoms with Crippen molar-refractivity contribution in [3.8, 4) is 0 Å². The number of aryl methyl sites for hydroxylation is 2. The third-order valence-electron chi connectivity index (χ3n) is 8.81. The van der Waals surface area contributed by atoms with Gasteiger partial charge in [0, 0.05) is 50.2 Å². The monoisotopic (exact) mass is 496 g/mol. The minimum absolute atomic E-state index is 0.0224. The van der Waals surface area contributed by atoms with Crippen LogP contribution in [0, 0.1) is 19.8 Å². The van der Waals surface area contributed by atoms with E-state index in [0.717, 1.165) is 48.5 Å². The lowest BCUT2D eigenvalue weighted by molar-refractivity contribution is -0.128. The molecule has 2 atom stereocenters. The Morgan fingerprint density at radius 1 is 0.919 bits per heavy atom. The Bertz CT molecular complexity index is 1320. The van der Waals surface area contributed by atoms with Gasteiger partial charge in [-0.05, 0) is 62.1 Å². The van der Waals surface area contributed by atoms with E-state index in [0.29, 0.717) is 37.4 Å². The molecule has 1 aromatic heterocycles. The molecule has 0 unspecified atom stereocenters. The number of hydrogen-bond donors (Lipinski definition) is 0. The highest BCUT2D eigenvalue weighted by atomic mass is 16.2. The summed E-state index contributed by atoms with van der Waals surface area (Å²) in [6, 6.07) is 17.4. The lowest BCUT2D eigenvalue weighted by Crippen LogP contribution is -2.28. The van der Waals surface area contributed by atoms with Crippen LogP contribution in [-0.4, -0.2) is 44.4 Å². The van der Waals surface area contributed by atoms with Crippen LogP contribution >= 0.6 is 0 Å². The van der Waals surface area contributed by atoms with Gasteiger partial charge in [-0.1, -0.05) is 54.1 Å².